The first-order chi connectivity index (χ1) is 10.1. The van der Waals surface area contributed by atoms with Gasteiger partial charge in [0, 0.05) is 19.4 Å². The number of carbonyl (C=O) groups excluding carboxylic acids is 3. The van der Waals surface area contributed by atoms with Crippen molar-refractivity contribution in [3.8, 4) is 0 Å². The standard InChI is InChI=1S/C10H13F3N2O7/c11-10(12,13)9(20)22-21-8(19)5(1-2-7(17)18)15-6(16)3-4-14/h5H,1-4,14H2,(H,15,16)(H,17,18)/t5-/m0/s1. The minimum absolute atomic E-state index is 0.0738. The zero-order valence-electron chi connectivity index (χ0n) is 11.0. The molecule has 0 fully saturated rings. The summed E-state index contributed by atoms with van der Waals surface area (Å²) in [7, 11) is 0. The van der Waals surface area contributed by atoms with Gasteiger partial charge < -0.3 is 16.2 Å². The molecule has 22 heavy (non-hydrogen) atoms. The molecule has 1 amide bonds. The lowest BCUT2D eigenvalue weighted by atomic mass is 10.1. The van der Waals surface area contributed by atoms with Crippen molar-refractivity contribution in [2.45, 2.75) is 31.5 Å². The van der Waals surface area contributed by atoms with E-state index in [1.807, 2.05) is 5.32 Å². The average molecular weight is 330 g/mol. The molecule has 126 valence electrons. The summed E-state index contributed by atoms with van der Waals surface area (Å²) in [6.45, 7) is -0.0738. The number of carboxylic acids is 1. The molecular formula is C10H13F3N2O7. The average Bonchev–Trinajstić information content (AvgIpc) is 2.39. The van der Waals surface area contributed by atoms with Gasteiger partial charge in [0.15, 0.2) is 0 Å². The van der Waals surface area contributed by atoms with Crippen LogP contribution in [0.25, 0.3) is 0 Å². The molecule has 0 spiro atoms. The Morgan fingerprint density at radius 1 is 1.14 bits per heavy atom. The van der Waals surface area contributed by atoms with E-state index in [-0.39, 0.29) is 13.0 Å². The van der Waals surface area contributed by atoms with Crippen LogP contribution in [0.4, 0.5) is 13.2 Å². The number of carboxylic acid groups (broad SMARTS) is 1. The van der Waals surface area contributed by atoms with Crippen molar-refractivity contribution in [3.05, 3.63) is 0 Å². The second-order valence-corrected chi connectivity index (χ2v) is 3.86. The highest BCUT2D eigenvalue weighted by atomic mass is 19.4. The number of nitrogens with one attached hydrogen (secondary N) is 1. The van der Waals surface area contributed by atoms with E-state index in [1.54, 1.807) is 0 Å². The lowest BCUT2D eigenvalue weighted by Crippen LogP contribution is -2.43. The fourth-order valence-corrected chi connectivity index (χ4v) is 1.10. The molecule has 1 atom stereocenters. The molecule has 0 radical (unpaired) electrons. The zero-order valence-corrected chi connectivity index (χ0v) is 11.0. The van der Waals surface area contributed by atoms with Gasteiger partial charge in [-0.3, -0.25) is 9.59 Å². The predicted molar refractivity (Wildman–Crippen MR) is 60.7 cm³/mol. The van der Waals surface area contributed by atoms with Crippen LogP contribution in [0.15, 0.2) is 0 Å². The highest BCUT2D eigenvalue weighted by Crippen LogP contribution is 2.16. The van der Waals surface area contributed by atoms with Crippen LogP contribution >= 0.6 is 0 Å². The van der Waals surface area contributed by atoms with Gasteiger partial charge in [-0.15, -0.1) is 0 Å². The first-order valence-electron chi connectivity index (χ1n) is 5.78. The first-order valence-corrected chi connectivity index (χ1v) is 5.78. The lowest BCUT2D eigenvalue weighted by molar-refractivity contribution is -0.286. The quantitative estimate of drug-likeness (QED) is 0.408. The third kappa shape index (κ3) is 8.04. The highest BCUT2D eigenvalue weighted by Gasteiger charge is 2.43. The number of carbonyl (C=O) groups is 4. The Bertz CT molecular complexity index is 439. The molecule has 0 aromatic rings. The number of hydrogen-bond acceptors (Lipinski definition) is 7. The second kappa shape index (κ2) is 8.81. The van der Waals surface area contributed by atoms with Crippen LogP contribution in [0.5, 0.6) is 0 Å². The summed E-state index contributed by atoms with van der Waals surface area (Å²) in [5.41, 5.74) is 5.08. The highest BCUT2D eigenvalue weighted by molar-refractivity contribution is 5.85. The van der Waals surface area contributed by atoms with E-state index in [0.29, 0.717) is 0 Å². The summed E-state index contributed by atoms with van der Waals surface area (Å²) in [5, 5.41) is 10.5. The van der Waals surface area contributed by atoms with E-state index in [4.69, 9.17) is 10.8 Å². The van der Waals surface area contributed by atoms with Crippen molar-refractivity contribution in [1.82, 2.24) is 5.32 Å². The summed E-state index contributed by atoms with van der Waals surface area (Å²) >= 11 is 0. The van der Waals surface area contributed by atoms with Gasteiger partial charge in [-0.2, -0.15) is 13.2 Å². The monoisotopic (exact) mass is 330 g/mol. The van der Waals surface area contributed by atoms with E-state index in [2.05, 4.69) is 9.78 Å². The van der Waals surface area contributed by atoms with Crippen molar-refractivity contribution in [3.63, 3.8) is 0 Å². The maximum Gasteiger partial charge on any atom is 0.495 e. The predicted octanol–water partition coefficient (Wildman–Crippen LogP) is -0.752. The van der Waals surface area contributed by atoms with Crippen LogP contribution in [0.3, 0.4) is 0 Å². The van der Waals surface area contributed by atoms with Gasteiger partial charge >= 0.3 is 24.1 Å². The molecule has 9 nitrogen and oxygen atoms in total. The summed E-state index contributed by atoms with van der Waals surface area (Å²) in [6.07, 6.45) is -6.65. The molecule has 0 saturated carbocycles. The summed E-state index contributed by atoms with van der Waals surface area (Å²) in [6, 6.07) is -1.60. The molecule has 0 aromatic carbocycles. The van der Waals surface area contributed by atoms with Crippen LogP contribution < -0.4 is 11.1 Å². The van der Waals surface area contributed by atoms with Gasteiger partial charge in [0.25, 0.3) is 0 Å². The molecule has 0 rings (SSSR count). The number of hydrogen-bond donors (Lipinski definition) is 3. The van der Waals surface area contributed by atoms with Gasteiger partial charge in [0.05, 0.1) is 0 Å². The Balaban J connectivity index is 4.63. The minimum atomic E-state index is -5.38. The number of amides is 1. The molecule has 0 aliphatic heterocycles. The van der Waals surface area contributed by atoms with E-state index >= 15 is 0 Å². The Labute approximate surface area is 121 Å². The lowest BCUT2D eigenvalue weighted by Gasteiger charge is -2.15. The van der Waals surface area contributed by atoms with Crippen molar-refractivity contribution in [2.75, 3.05) is 6.54 Å². The van der Waals surface area contributed by atoms with E-state index < -0.39 is 48.9 Å². The van der Waals surface area contributed by atoms with Gasteiger partial charge in [-0.05, 0) is 6.42 Å². The third-order valence-electron chi connectivity index (χ3n) is 2.07. The van der Waals surface area contributed by atoms with E-state index in [1.165, 1.54) is 0 Å². The van der Waals surface area contributed by atoms with Crippen LogP contribution in [0.1, 0.15) is 19.3 Å². The molecule has 0 aromatic heterocycles. The molecule has 0 heterocycles. The topological polar surface area (TPSA) is 145 Å². The molecule has 0 unspecified atom stereocenters. The SMILES string of the molecule is NCCC(=O)N[C@@H](CCC(=O)O)C(=O)OOC(=O)C(F)(F)F. The molecule has 0 aliphatic carbocycles. The fourth-order valence-electron chi connectivity index (χ4n) is 1.10. The smallest absolute Gasteiger partial charge is 0.481 e. The van der Waals surface area contributed by atoms with Gasteiger partial charge in [-0.25, -0.2) is 19.4 Å². The van der Waals surface area contributed by atoms with Gasteiger partial charge in [0.1, 0.15) is 6.04 Å². The number of halogens is 3. The van der Waals surface area contributed by atoms with Crippen molar-refractivity contribution in [2.24, 2.45) is 5.73 Å². The number of nitrogens with two attached hydrogens (primary N) is 1. The molecule has 0 bridgehead atoms. The number of aliphatic carboxylic acids is 1. The van der Waals surface area contributed by atoms with Gasteiger partial charge in [0.2, 0.25) is 5.91 Å². The Morgan fingerprint density at radius 3 is 2.18 bits per heavy atom. The molecular weight excluding hydrogens is 317 g/mol. The van der Waals surface area contributed by atoms with Crippen LogP contribution in [-0.4, -0.2) is 47.7 Å². The van der Waals surface area contributed by atoms with Gasteiger partial charge in [-0.1, -0.05) is 0 Å². The largest absolute Gasteiger partial charge is 0.495 e. The van der Waals surface area contributed by atoms with Crippen molar-refractivity contribution in [1.29, 1.82) is 0 Å². The molecule has 0 saturated heterocycles. The third-order valence-corrected chi connectivity index (χ3v) is 2.07. The maximum atomic E-state index is 11.8. The number of rotatable bonds is 7. The molecule has 0 aliphatic rings. The second-order valence-electron chi connectivity index (χ2n) is 3.86. The van der Waals surface area contributed by atoms with E-state index in [9.17, 15) is 32.3 Å². The normalized spacial score (nSPS) is 12.2. The zero-order chi connectivity index (χ0) is 17.3. The number of alkyl halides is 3. The summed E-state index contributed by atoms with van der Waals surface area (Å²) in [4.78, 5) is 50.4. The Hall–Kier alpha value is -2.37. The molecule has 4 N–H and O–H groups in total. The van der Waals surface area contributed by atoms with Crippen LogP contribution in [0, 0.1) is 0 Å². The fraction of sp³-hybridized carbons (Fsp3) is 0.600. The summed E-state index contributed by atoms with van der Waals surface area (Å²) < 4.78 is 35.5. The molecule has 12 heteroatoms. The minimum Gasteiger partial charge on any atom is -0.481 e. The first kappa shape index (κ1) is 19.6. The van der Waals surface area contributed by atoms with Crippen LogP contribution in [0.2, 0.25) is 0 Å². The van der Waals surface area contributed by atoms with Crippen molar-refractivity contribution < 1.29 is 47.2 Å². The Kier molecular flexibility index (Phi) is 7.87. The maximum absolute atomic E-state index is 11.8. The van der Waals surface area contributed by atoms with Crippen LogP contribution in [-0.2, 0) is 29.0 Å². The van der Waals surface area contributed by atoms with E-state index in [0.717, 1.165) is 0 Å². The summed E-state index contributed by atoms with van der Waals surface area (Å²) in [5.74, 6) is -6.40. The van der Waals surface area contributed by atoms with Crippen molar-refractivity contribution >= 4 is 23.8 Å². The Morgan fingerprint density at radius 2 is 1.73 bits per heavy atom.